The number of carbonyl (C=O) groups is 1. The topological polar surface area (TPSA) is 112 Å². The molecule has 0 spiro atoms. The van der Waals surface area contributed by atoms with Gasteiger partial charge in [-0.25, -0.2) is 4.98 Å². The highest BCUT2D eigenvalue weighted by molar-refractivity contribution is 6.14. The van der Waals surface area contributed by atoms with Crippen molar-refractivity contribution in [2.24, 2.45) is 0 Å². The average Bonchev–Trinajstić information content (AvgIpc) is 3.35. The first-order valence-electron chi connectivity index (χ1n) is 9.17. The van der Waals surface area contributed by atoms with E-state index in [-0.39, 0.29) is 5.91 Å². The van der Waals surface area contributed by atoms with E-state index in [2.05, 4.69) is 25.5 Å². The number of aryl methyl sites for hydroxylation is 1. The van der Waals surface area contributed by atoms with Crippen molar-refractivity contribution >= 4 is 39.2 Å². The second-order valence-corrected chi connectivity index (χ2v) is 6.98. The maximum absolute atomic E-state index is 13.1. The molecule has 3 aromatic heterocycles. The molecule has 0 atom stereocenters. The predicted molar refractivity (Wildman–Crippen MR) is 115 cm³/mol. The summed E-state index contributed by atoms with van der Waals surface area (Å²) in [6.45, 7) is 1.96. The quantitative estimate of drug-likeness (QED) is 0.374. The predicted octanol–water partition coefficient (Wildman–Crippen LogP) is 4.25. The number of H-pyrrole nitrogens is 2. The van der Waals surface area contributed by atoms with E-state index in [0.717, 1.165) is 38.7 Å². The molecule has 0 saturated carbocycles. The molecule has 0 aliphatic heterocycles. The number of hydrogen-bond donors (Lipinski definition) is 4. The summed E-state index contributed by atoms with van der Waals surface area (Å²) in [5.41, 5.74) is 11.6. The molecule has 0 aliphatic rings. The Bertz CT molecular complexity index is 1380. The van der Waals surface area contributed by atoms with Crippen molar-refractivity contribution in [2.45, 2.75) is 6.92 Å². The molecule has 5 rings (SSSR count). The highest BCUT2D eigenvalue weighted by Gasteiger charge is 2.17. The molecule has 0 aliphatic carbocycles. The molecule has 0 unspecified atom stereocenters. The van der Waals surface area contributed by atoms with Crippen molar-refractivity contribution in [1.29, 1.82) is 0 Å². The molecule has 1 amide bonds. The second kappa shape index (κ2) is 6.49. The van der Waals surface area contributed by atoms with Gasteiger partial charge in [0.25, 0.3) is 5.91 Å². The molecule has 5 N–H and O–H groups in total. The Morgan fingerprint density at radius 2 is 2.00 bits per heavy atom. The number of nitrogen functional groups attached to an aromatic ring is 1. The van der Waals surface area contributed by atoms with Crippen molar-refractivity contribution < 1.29 is 4.79 Å². The molecule has 5 aromatic rings. The fourth-order valence-corrected chi connectivity index (χ4v) is 3.57. The number of para-hydroxylation sites is 1. The maximum atomic E-state index is 13.1. The number of aromatic amines is 2. The monoisotopic (exact) mass is 382 g/mol. The number of amides is 1. The minimum atomic E-state index is -0.198. The number of benzene rings is 2. The highest BCUT2D eigenvalue weighted by Crippen LogP contribution is 2.33. The standard InChI is InChI=1S/C22H18N6O/c1-12-4-2-3-5-18(12)27-22(29)16-7-13(6-14-9-26-28-21(14)16)17-10-24-19-11-25-20(23)8-15(17)19/h2-11,24H,1H3,(H2,23,25)(H,26,28)(H,27,29). The minimum absolute atomic E-state index is 0.198. The second-order valence-electron chi connectivity index (χ2n) is 6.98. The minimum Gasteiger partial charge on any atom is -0.384 e. The van der Waals surface area contributed by atoms with Gasteiger partial charge in [0.1, 0.15) is 5.82 Å². The van der Waals surface area contributed by atoms with Crippen LogP contribution in [0.15, 0.2) is 61.1 Å². The summed E-state index contributed by atoms with van der Waals surface area (Å²) in [7, 11) is 0. The van der Waals surface area contributed by atoms with E-state index in [9.17, 15) is 4.79 Å². The summed E-state index contributed by atoms with van der Waals surface area (Å²) in [5.74, 6) is 0.247. The van der Waals surface area contributed by atoms with Crippen LogP contribution in [0.1, 0.15) is 15.9 Å². The first-order valence-corrected chi connectivity index (χ1v) is 9.17. The van der Waals surface area contributed by atoms with Crippen LogP contribution in [0.5, 0.6) is 0 Å². The van der Waals surface area contributed by atoms with Gasteiger partial charge in [-0.15, -0.1) is 0 Å². The molecule has 7 nitrogen and oxygen atoms in total. The highest BCUT2D eigenvalue weighted by atomic mass is 16.1. The smallest absolute Gasteiger partial charge is 0.257 e. The zero-order valence-corrected chi connectivity index (χ0v) is 15.7. The number of nitrogens with two attached hydrogens (primary N) is 1. The summed E-state index contributed by atoms with van der Waals surface area (Å²) < 4.78 is 0. The van der Waals surface area contributed by atoms with Crippen LogP contribution in [0, 0.1) is 6.92 Å². The van der Waals surface area contributed by atoms with E-state index in [0.29, 0.717) is 16.9 Å². The molecule has 0 radical (unpaired) electrons. The lowest BCUT2D eigenvalue weighted by molar-refractivity contribution is 0.102. The number of fused-ring (bicyclic) bond motifs is 2. The lowest BCUT2D eigenvalue weighted by Gasteiger charge is -2.10. The lowest BCUT2D eigenvalue weighted by atomic mass is 9.99. The van der Waals surface area contributed by atoms with E-state index in [1.165, 1.54) is 0 Å². The number of nitrogens with one attached hydrogen (secondary N) is 3. The third-order valence-electron chi connectivity index (χ3n) is 5.09. The van der Waals surface area contributed by atoms with Crippen LogP contribution in [0.25, 0.3) is 32.9 Å². The molecule has 7 heteroatoms. The Morgan fingerprint density at radius 1 is 1.14 bits per heavy atom. The van der Waals surface area contributed by atoms with Crippen LogP contribution >= 0.6 is 0 Å². The third kappa shape index (κ3) is 2.89. The van der Waals surface area contributed by atoms with Crippen LogP contribution < -0.4 is 11.1 Å². The number of carbonyl (C=O) groups excluding carboxylic acids is 1. The van der Waals surface area contributed by atoms with Crippen LogP contribution in [0.3, 0.4) is 0 Å². The summed E-state index contributed by atoms with van der Waals surface area (Å²) >= 11 is 0. The normalized spacial score (nSPS) is 11.2. The Hall–Kier alpha value is -4.13. The Kier molecular flexibility index (Phi) is 3.80. The first-order chi connectivity index (χ1) is 14.1. The summed E-state index contributed by atoms with van der Waals surface area (Å²) in [6, 6.07) is 13.4. The Morgan fingerprint density at radius 3 is 2.86 bits per heavy atom. The molecule has 0 saturated heterocycles. The van der Waals surface area contributed by atoms with Gasteiger partial charge in [0.05, 0.1) is 29.0 Å². The van der Waals surface area contributed by atoms with Crippen molar-refractivity contribution in [3.63, 3.8) is 0 Å². The molecule has 29 heavy (non-hydrogen) atoms. The molecular formula is C22H18N6O. The fraction of sp³-hybridized carbons (Fsp3) is 0.0455. The largest absolute Gasteiger partial charge is 0.384 e. The van der Waals surface area contributed by atoms with Crippen LogP contribution in [-0.4, -0.2) is 26.1 Å². The molecule has 142 valence electrons. The van der Waals surface area contributed by atoms with Crippen molar-refractivity contribution in [1.82, 2.24) is 20.2 Å². The average molecular weight is 382 g/mol. The number of nitrogens with zero attached hydrogens (tertiary/aromatic N) is 2. The first kappa shape index (κ1) is 17.0. The van der Waals surface area contributed by atoms with Crippen LogP contribution in [0.2, 0.25) is 0 Å². The van der Waals surface area contributed by atoms with Gasteiger partial charge in [-0.2, -0.15) is 5.10 Å². The molecular weight excluding hydrogens is 364 g/mol. The van der Waals surface area contributed by atoms with Crippen molar-refractivity contribution in [3.05, 3.63) is 72.2 Å². The van der Waals surface area contributed by atoms with Gasteiger partial charge in [-0.1, -0.05) is 18.2 Å². The zero-order chi connectivity index (χ0) is 20.0. The van der Waals surface area contributed by atoms with E-state index in [1.807, 2.05) is 55.6 Å². The lowest BCUT2D eigenvalue weighted by Crippen LogP contribution is -2.13. The van der Waals surface area contributed by atoms with Crippen molar-refractivity contribution in [3.8, 4) is 11.1 Å². The number of aromatic nitrogens is 4. The van der Waals surface area contributed by atoms with Gasteiger partial charge in [-0.3, -0.25) is 9.89 Å². The van der Waals surface area contributed by atoms with E-state index in [1.54, 1.807) is 12.4 Å². The van der Waals surface area contributed by atoms with E-state index < -0.39 is 0 Å². The number of hydrogen-bond acceptors (Lipinski definition) is 4. The van der Waals surface area contributed by atoms with E-state index in [4.69, 9.17) is 5.73 Å². The Balaban J connectivity index is 1.64. The Labute approximate surface area is 166 Å². The van der Waals surface area contributed by atoms with Gasteiger partial charge >= 0.3 is 0 Å². The number of pyridine rings is 1. The van der Waals surface area contributed by atoms with Crippen molar-refractivity contribution in [2.75, 3.05) is 11.1 Å². The van der Waals surface area contributed by atoms with Gasteiger partial charge in [0.15, 0.2) is 0 Å². The molecule has 3 heterocycles. The summed E-state index contributed by atoms with van der Waals surface area (Å²) in [4.78, 5) is 20.5. The number of anilines is 2. The summed E-state index contributed by atoms with van der Waals surface area (Å²) in [6.07, 6.45) is 5.32. The van der Waals surface area contributed by atoms with Gasteiger partial charge in [-0.05, 0) is 42.3 Å². The number of rotatable bonds is 3. The van der Waals surface area contributed by atoms with Gasteiger partial charge in [0, 0.05) is 28.2 Å². The van der Waals surface area contributed by atoms with Crippen LogP contribution in [0.4, 0.5) is 11.5 Å². The molecule has 0 fully saturated rings. The van der Waals surface area contributed by atoms with Gasteiger partial charge in [0.2, 0.25) is 0 Å². The maximum Gasteiger partial charge on any atom is 0.257 e. The fourth-order valence-electron chi connectivity index (χ4n) is 3.57. The zero-order valence-electron chi connectivity index (χ0n) is 15.7. The van der Waals surface area contributed by atoms with Gasteiger partial charge < -0.3 is 16.0 Å². The molecule has 0 bridgehead atoms. The molecule has 2 aromatic carbocycles. The van der Waals surface area contributed by atoms with Crippen LogP contribution in [-0.2, 0) is 0 Å². The van der Waals surface area contributed by atoms with E-state index >= 15 is 0 Å². The third-order valence-corrected chi connectivity index (χ3v) is 5.09. The summed E-state index contributed by atoms with van der Waals surface area (Å²) in [5, 5.41) is 11.9. The SMILES string of the molecule is Cc1ccccc1NC(=O)c1cc(-c2c[nH]c3cnc(N)cc23)cc2cn[nH]c12.